The number of tetrazole rings is 1. The van der Waals surface area contributed by atoms with Gasteiger partial charge in [-0.05, 0) is 59.2 Å². The second-order valence-electron chi connectivity index (χ2n) is 9.14. The second-order valence-corrected chi connectivity index (χ2v) is 9.14. The van der Waals surface area contributed by atoms with E-state index in [4.69, 9.17) is 0 Å². The Morgan fingerprint density at radius 3 is 2.48 bits per heavy atom. The average molecular weight is 440 g/mol. The summed E-state index contributed by atoms with van der Waals surface area (Å²) in [6.07, 6.45) is 6.68. The van der Waals surface area contributed by atoms with E-state index in [1.54, 1.807) is 0 Å². The van der Waals surface area contributed by atoms with Crippen LogP contribution >= 0.6 is 0 Å². The molecule has 1 saturated heterocycles. The lowest BCUT2D eigenvalue weighted by Crippen LogP contribution is -2.48. The molecule has 0 radical (unpaired) electrons. The lowest BCUT2D eigenvalue weighted by Gasteiger charge is -2.40. The average Bonchev–Trinajstić information content (AvgIpc) is 3.58. The van der Waals surface area contributed by atoms with Crippen molar-refractivity contribution in [3.8, 4) is 0 Å². The number of fused-ring (bicyclic) bond motifs is 1. The van der Waals surface area contributed by atoms with Crippen molar-refractivity contribution < 1.29 is 0 Å². The van der Waals surface area contributed by atoms with Gasteiger partial charge in [0.15, 0.2) is 5.82 Å². The van der Waals surface area contributed by atoms with Crippen molar-refractivity contribution in [3.63, 3.8) is 0 Å². The minimum Gasteiger partial charge on any atom is -0.369 e. The number of rotatable bonds is 5. The Balaban J connectivity index is 1.35. The third-order valence-electron chi connectivity index (χ3n) is 7.18. The van der Waals surface area contributed by atoms with E-state index in [0.717, 1.165) is 55.7 Å². The predicted molar refractivity (Wildman–Crippen MR) is 129 cm³/mol. The fourth-order valence-corrected chi connectivity index (χ4v) is 5.45. The van der Waals surface area contributed by atoms with Crippen LogP contribution in [0.2, 0.25) is 0 Å². The van der Waals surface area contributed by atoms with Crippen molar-refractivity contribution in [2.24, 2.45) is 0 Å². The van der Waals surface area contributed by atoms with Crippen LogP contribution < -0.4 is 4.90 Å². The van der Waals surface area contributed by atoms with Gasteiger partial charge in [0.05, 0.1) is 17.6 Å². The molecule has 2 aromatic heterocycles. The molecule has 7 heteroatoms. The number of hydrogen-bond acceptors (Lipinski definition) is 6. The molecular formula is C26H29N7. The lowest BCUT2D eigenvalue weighted by atomic mass is 10.0. The van der Waals surface area contributed by atoms with Crippen LogP contribution in [0.15, 0.2) is 66.9 Å². The molecule has 1 aliphatic carbocycles. The highest BCUT2D eigenvalue weighted by molar-refractivity contribution is 5.79. The molecule has 168 valence electrons. The molecule has 0 N–H and O–H groups in total. The summed E-state index contributed by atoms with van der Waals surface area (Å²) >= 11 is 0. The number of aromatic nitrogens is 5. The minimum atomic E-state index is 0.0307. The predicted octanol–water partition coefficient (Wildman–Crippen LogP) is 4.25. The van der Waals surface area contributed by atoms with Crippen molar-refractivity contribution in [3.05, 3.63) is 78.2 Å². The highest BCUT2D eigenvalue weighted by atomic mass is 15.6. The maximum atomic E-state index is 4.60. The number of piperazine rings is 1. The van der Waals surface area contributed by atoms with E-state index in [9.17, 15) is 0 Å². The highest BCUT2D eigenvalue weighted by Crippen LogP contribution is 2.35. The minimum absolute atomic E-state index is 0.0307. The van der Waals surface area contributed by atoms with E-state index >= 15 is 0 Å². The first-order chi connectivity index (χ1) is 16.4. The van der Waals surface area contributed by atoms with Gasteiger partial charge in [-0.2, -0.15) is 0 Å². The summed E-state index contributed by atoms with van der Waals surface area (Å²) in [5, 5.41) is 14.4. The molecule has 1 saturated carbocycles. The van der Waals surface area contributed by atoms with E-state index in [0.29, 0.717) is 6.04 Å². The molecule has 2 fully saturated rings. The Hall–Kier alpha value is -3.32. The molecular weight excluding hydrogens is 410 g/mol. The van der Waals surface area contributed by atoms with Crippen LogP contribution in [0.3, 0.4) is 0 Å². The Bertz CT molecular complexity index is 1210. The molecule has 0 amide bonds. The first kappa shape index (κ1) is 20.3. The molecule has 1 unspecified atom stereocenters. The maximum Gasteiger partial charge on any atom is 0.173 e. The number of nitrogens with zero attached hydrogens (tertiary/aromatic N) is 7. The quantitative estimate of drug-likeness (QED) is 0.463. The summed E-state index contributed by atoms with van der Waals surface area (Å²) in [5.74, 6) is 0.971. The summed E-state index contributed by atoms with van der Waals surface area (Å²) in [6.45, 7) is 3.89. The highest BCUT2D eigenvalue weighted by Gasteiger charge is 2.33. The summed E-state index contributed by atoms with van der Waals surface area (Å²) in [6, 6.07) is 21.9. The van der Waals surface area contributed by atoms with Gasteiger partial charge in [0.2, 0.25) is 0 Å². The standard InChI is InChI=1S/C26H29N7/c1-2-8-22(9-3-1)31-15-17-32(18-16-31)25(21-12-13-24-20(19-21)7-6-14-27-24)26-28-29-30-33(26)23-10-4-5-11-23/h1-3,6-9,12-14,19,23,25H,4-5,10-11,15-18H2. The van der Waals surface area contributed by atoms with Crippen LogP contribution in [0.4, 0.5) is 5.69 Å². The maximum absolute atomic E-state index is 4.60. The SMILES string of the molecule is c1ccc(N2CCN(C(c3ccc4ncccc4c3)c3nnnn3C3CCCC3)CC2)cc1. The molecule has 33 heavy (non-hydrogen) atoms. The van der Waals surface area contributed by atoms with E-state index in [1.165, 1.54) is 24.1 Å². The summed E-state index contributed by atoms with van der Waals surface area (Å²) in [5.41, 5.74) is 3.54. The molecule has 4 aromatic rings. The monoisotopic (exact) mass is 439 g/mol. The number of anilines is 1. The van der Waals surface area contributed by atoms with E-state index in [-0.39, 0.29) is 6.04 Å². The van der Waals surface area contributed by atoms with Crippen molar-refractivity contribution in [1.82, 2.24) is 30.1 Å². The van der Waals surface area contributed by atoms with E-state index in [1.807, 2.05) is 12.3 Å². The smallest absolute Gasteiger partial charge is 0.173 e. The van der Waals surface area contributed by atoms with E-state index < -0.39 is 0 Å². The van der Waals surface area contributed by atoms with Gasteiger partial charge in [-0.1, -0.05) is 43.2 Å². The molecule has 3 heterocycles. The zero-order valence-corrected chi connectivity index (χ0v) is 18.8. The second kappa shape index (κ2) is 8.90. The summed E-state index contributed by atoms with van der Waals surface area (Å²) < 4.78 is 2.12. The molecule has 2 aromatic carbocycles. The third-order valence-corrected chi connectivity index (χ3v) is 7.18. The van der Waals surface area contributed by atoms with Crippen LogP contribution in [-0.4, -0.2) is 56.3 Å². The molecule has 0 bridgehead atoms. The zero-order chi connectivity index (χ0) is 22.0. The van der Waals surface area contributed by atoms with Crippen molar-refractivity contribution in [1.29, 1.82) is 0 Å². The Labute approximate surface area is 194 Å². The summed E-state index contributed by atoms with van der Waals surface area (Å²) in [7, 11) is 0. The number of hydrogen-bond donors (Lipinski definition) is 0. The van der Waals surface area contributed by atoms with Gasteiger partial charge in [0, 0.05) is 43.4 Å². The van der Waals surface area contributed by atoms with Gasteiger partial charge in [0.25, 0.3) is 0 Å². The molecule has 2 aliphatic rings. The molecule has 6 rings (SSSR count). The first-order valence-electron chi connectivity index (χ1n) is 12.0. The third kappa shape index (κ3) is 3.97. The van der Waals surface area contributed by atoms with Crippen molar-refractivity contribution in [2.45, 2.75) is 37.8 Å². The Morgan fingerprint density at radius 2 is 1.67 bits per heavy atom. The van der Waals surface area contributed by atoms with Crippen LogP contribution in [0.1, 0.15) is 49.2 Å². The van der Waals surface area contributed by atoms with Crippen molar-refractivity contribution >= 4 is 16.6 Å². The van der Waals surface area contributed by atoms with Crippen LogP contribution in [0, 0.1) is 0 Å². The largest absolute Gasteiger partial charge is 0.369 e. The van der Waals surface area contributed by atoms with Gasteiger partial charge < -0.3 is 4.90 Å². The fraction of sp³-hybridized carbons (Fsp3) is 0.385. The van der Waals surface area contributed by atoms with E-state index in [2.05, 4.69) is 89.6 Å². The topological polar surface area (TPSA) is 63.0 Å². The van der Waals surface area contributed by atoms with Gasteiger partial charge in [-0.15, -0.1) is 5.10 Å². The van der Waals surface area contributed by atoms with Gasteiger partial charge in [-0.25, -0.2) is 4.68 Å². The number of benzene rings is 2. The van der Waals surface area contributed by atoms with Gasteiger partial charge >= 0.3 is 0 Å². The fourth-order valence-electron chi connectivity index (χ4n) is 5.45. The van der Waals surface area contributed by atoms with Crippen LogP contribution in [-0.2, 0) is 0 Å². The number of pyridine rings is 1. The van der Waals surface area contributed by atoms with Gasteiger partial charge in [-0.3, -0.25) is 9.88 Å². The molecule has 1 atom stereocenters. The van der Waals surface area contributed by atoms with Crippen LogP contribution in [0.25, 0.3) is 10.9 Å². The number of para-hydroxylation sites is 1. The molecule has 1 aliphatic heterocycles. The first-order valence-corrected chi connectivity index (χ1v) is 12.0. The Morgan fingerprint density at radius 1 is 0.848 bits per heavy atom. The lowest BCUT2D eigenvalue weighted by molar-refractivity contribution is 0.198. The zero-order valence-electron chi connectivity index (χ0n) is 18.8. The van der Waals surface area contributed by atoms with Gasteiger partial charge in [0.1, 0.15) is 0 Å². The van der Waals surface area contributed by atoms with Crippen molar-refractivity contribution in [2.75, 3.05) is 31.1 Å². The summed E-state index contributed by atoms with van der Waals surface area (Å²) in [4.78, 5) is 9.53. The molecule has 0 spiro atoms. The Kier molecular flexibility index (Phi) is 5.48. The molecule has 7 nitrogen and oxygen atoms in total. The normalized spacial score (nSPS) is 18.7. The van der Waals surface area contributed by atoms with Crippen LogP contribution in [0.5, 0.6) is 0 Å².